The van der Waals surface area contributed by atoms with Crippen molar-refractivity contribution in [3.8, 4) is 0 Å². The molecule has 0 spiro atoms. The fraction of sp³-hybridized carbons (Fsp3) is 0.294. The van der Waals surface area contributed by atoms with Gasteiger partial charge in [-0.1, -0.05) is 12.1 Å². The van der Waals surface area contributed by atoms with E-state index in [-0.39, 0.29) is 6.04 Å². The second kappa shape index (κ2) is 6.68. The molecule has 0 bridgehead atoms. The normalized spacial score (nSPS) is 11.3. The molecule has 0 unspecified atom stereocenters. The van der Waals surface area contributed by atoms with Crippen molar-refractivity contribution in [2.24, 2.45) is 0 Å². The van der Waals surface area contributed by atoms with Crippen molar-refractivity contribution < 1.29 is 8.78 Å². The summed E-state index contributed by atoms with van der Waals surface area (Å²) in [6.07, 6.45) is 0. The summed E-state index contributed by atoms with van der Waals surface area (Å²) in [4.78, 5) is 2.15. The fourth-order valence-corrected chi connectivity index (χ4v) is 2.22. The minimum atomic E-state index is -0.541. The lowest BCUT2D eigenvalue weighted by atomic mass is 10.1. The average Bonchev–Trinajstić information content (AvgIpc) is 2.39. The van der Waals surface area contributed by atoms with Crippen molar-refractivity contribution in [2.75, 3.05) is 5.73 Å². The lowest BCUT2D eigenvalue weighted by Gasteiger charge is -2.26. The van der Waals surface area contributed by atoms with Crippen LogP contribution in [-0.2, 0) is 13.1 Å². The topological polar surface area (TPSA) is 29.3 Å². The Morgan fingerprint density at radius 3 is 1.95 bits per heavy atom. The Morgan fingerprint density at radius 2 is 1.43 bits per heavy atom. The highest BCUT2D eigenvalue weighted by Gasteiger charge is 2.12. The first kappa shape index (κ1) is 15.4. The predicted octanol–water partition coefficient (Wildman–Crippen LogP) is 3.96. The first-order chi connectivity index (χ1) is 9.94. The number of nitrogens with zero attached hydrogens (tertiary/aromatic N) is 1. The lowest BCUT2D eigenvalue weighted by molar-refractivity contribution is 0.203. The molecule has 2 aromatic rings. The molecule has 4 heteroatoms. The summed E-state index contributed by atoms with van der Waals surface area (Å²) in [5, 5.41) is 0. The van der Waals surface area contributed by atoms with E-state index in [1.165, 1.54) is 12.1 Å². The summed E-state index contributed by atoms with van der Waals surface area (Å²) in [5.41, 5.74) is 8.16. The summed E-state index contributed by atoms with van der Waals surface area (Å²) in [5.74, 6) is -1.08. The van der Waals surface area contributed by atoms with Crippen molar-refractivity contribution in [3.63, 3.8) is 0 Å². The van der Waals surface area contributed by atoms with E-state index < -0.39 is 11.6 Å². The van der Waals surface area contributed by atoms with Crippen LogP contribution in [-0.4, -0.2) is 10.9 Å². The number of halogens is 2. The van der Waals surface area contributed by atoms with Gasteiger partial charge in [0.25, 0.3) is 0 Å². The Labute approximate surface area is 124 Å². The monoisotopic (exact) mass is 290 g/mol. The second-order valence-corrected chi connectivity index (χ2v) is 5.52. The number of rotatable bonds is 5. The molecule has 0 aliphatic heterocycles. The molecule has 0 aliphatic carbocycles. The van der Waals surface area contributed by atoms with E-state index in [4.69, 9.17) is 5.73 Å². The maximum atomic E-state index is 13.3. The third-order valence-corrected chi connectivity index (χ3v) is 3.40. The van der Waals surface area contributed by atoms with Crippen molar-refractivity contribution >= 4 is 5.69 Å². The quantitative estimate of drug-likeness (QED) is 0.845. The van der Waals surface area contributed by atoms with E-state index >= 15 is 0 Å². The van der Waals surface area contributed by atoms with Gasteiger partial charge >= 0.3 is 0 Å². The molecule has 2 nitrogen and oxygen atoms in total. The zero-order chi connectivity index (χ0) is 15.4. The lowest BCUT2D eigenvalue weighted by Crippen LogP contribution is -2.29. The fourth-order valence-electron chi connectivity index (χ4n) is 2.22. The third kappa shape index (κ3) is 4.53. The van der Waals surface area contributed by atoms with Crippen molar-refractivity contribution in [3.05, 3.63) is 65.2 Å². The molecule has 2 N–H and O–H groups in total. The van der Waals surface area contributed by atoms with Gasteiger partial charge in [-0.2, -0.15) is 0 Å². The molecule has 0 saturated heterocycles. The molecule has 0 heterocycles. The zero-order valence-electron chi connectivity index (χ0n) is 12.3. The van der Waals surface area contributed by atoms with Crippen LogP contribution in [0.1, 0.15) is 25.0 Å². The van der Waals surface area contributed by atoms with Crippen molar-refractivity contribution in [1.29, 1.82) is 0 Å². The molecular formula is C17H20F2N2. The van der Waals surface area contributed by atoms with E-state index in [0.717, 1.165) is 17.3 Å². The standard InChI is InChI=1S/C17H20F2N2/c1-12(2)21(10-13-3-5-17(20)6-4-13)11-14-7-15(18)9-16(19)8-14/h3-9,12H,10-11,20H2,1-2H3. The summed E-state index contributed by atoms with van der Waals surface area (Å²) < 4.78 is 26.6. The van der Waals surface area contributed by atoms with E-state index in [1.54, 1.807) is 0 Å². The number of benzene rings is 2. The van der Waals surface area contributed by atoms with E-state index in [1.807, 2.05) is 24.3 Å². The highest BCUT2D eigenvalue weighted by Crippen LogP contribution is 2.16. The number of anilines is 1. The Balaban J connectivity index is 2.13. The van der Waals surface area contributed by atoms with E-state index in [0.29, 0.717) is 18.7 Å². The van der Waals surface area contributed by atoms with Crippen LogP contribution < -0.4 is 5.73 Å². The summed E-state index contributed by atoms with van der Waals surface area (Å²) in [6.45, 7) is 5.33. The molecule has 0 amide bonds. The van der Waals surface area contributed by atoms with Crippen LogP contribution in [0.4, 0.5) is 14.5 Å². The largest absolute Gasteiger partial charge is 0.399 e. The maximum absolute atomic E-state index is 13.3. The first-order valence-corrected chi connectivity index (χ1v) is 6.97. The summed E-state index contributed by atoms with van der Waals surface area (Å²) in [6, 6.07) is 11.6. The zero-order valence-corrected chi connectivity index (χ0v) is 12.3. The first-order valence-electron chi connectivity index (χ1n) is 6.97. The molecule has 0 saturated carbocycles. The van der Waals surface area contributed by atoms with E-state index in [2.05, 4.69) is 18.7 Å². The molecule has 0 fully saturated rings. The smallest absolute Gasteiger partial charge is 0.126 e. The average molecular weight is 290 g/mol. The molecule has 21 heavy (non-hydrogen) atoms. The number of nitrogen functional groups attached to an aromatic ring is 1. The predicted molar refractivity (Wildman–Crippen MR) is 81.6 cm³/mol. The van der Waals surface area contributed by atoms with Gasteiger partial charge in [0.2, 0.25) is 0 Å². The molecule has 0 atom stereocenters. The van der Waals surface area contributed by atoms with Gasteiger partial charge in [0, 0.05) is 30.9 Å². The van der Waals surface area contributed by atoms with Crippen LogP contribution in [0.2, 0.25) is 0 Å². The van der Waals surface area contributed by atoms with Crippen LogP contribution in [0.3, 0.4) is 0 Å². The highest BCUT2D eigenvalue weighted by atomic mass is 19.1. The SMILES string of the molecule is CC(C)N(Cc1ccc(N)cc1)Cc1cc(F)cc(F)c1. The van der Waals surface area contributed by atoms with Gasteiger partial charge in [0.1, 0.15) is 11.6 Å². The van der Waals surface area contributed by atoms with Crippen molar-refractivity contribution in [2.45, 2.75) is 33.0 Å². The summed E-state index contributed by atoms with van der Waals surface area (Å²) >= 11 is 0. The van der Waals surface area contributed by atoms with Gasteiger partial charge in [0.05, 0.1) is 0 Å². The van der Waals surface area contributed by atoms with Gasteiger partial charge in [0.15, 0.2) is 0 Å². The number of nitrogens with two attached hydrogens (primary N) is 1. The molecule has 2 aromatic carbocycles. The van der Waals surface area contributed by atoms with Gasteiger partial charge in [-0.25, -0.2) is 8.78 Å². The Kier molecular flexibility index (Phi) is 4.91. The number of hydrogen-bond acceptors (Lipinski definition) is 2. The minimum absolute atomic E-state index is 0.258. The molecular weight excluding hydrogens is 270 g/mol. The minimum Gasteiger partial charge on any atom is -0.399 e. The van der Waals surface area contributed by atoms with Gasteiger partial charge in [-0.05, 0) is 49.2 Å². The van der Waals surface area contributed by atoms with Crippen molar-refractivity contribution in [1.82, 2.24) is 4.90 Å². The summed E-state index contributed by atoms with van der Waals surface area (Å²) in [7, 11) is 0. The van der Waals surface area contributed by atoms with Crippen LogP contribution >= 0.6 is 0 Å². The molecule has 0 radical (unpaired) electrons. The van der Waals surface area contributed by atoms with Crippen LogP contribution in [0, 0.1) is 11.6 Å². The van der Waals surface area contributed by atoms with E-state index in [9.17, 15) is 8.78 Å². The highest BCUT2D eigenvalue weighted by molar-refractivity contribution is 5.39. The Bertz CT molecular complexity index is 574. The van der Waals surface area contributed by atoms with Gasteiger partial charge < -0.3 is 5.73 Å². The Morgan fingerprint density at radius 1 is 0.905 bits per heavy atom. The maximum Gasteiger partial charge on any atom is 0.126 e. The van der Waals surface area contributed by atoms with Gasteiger partial charge in [-0.3, -0.25) is 4.90 Å². The molecule has 112 valence electrons. The molecule has 0 aromatic heterocycles. The Hall–Kier alpha value is -1.94. The third-order valence-electron chi connectivity index (χ3n) is 3.40. The van der Waals surface area contributed by atoms with Crippen LogP contribution in [0.25, 0.3) is 0 Å². The van der Waals surface area contributed by atoms with Gasteiger partial charge in [-0.15, -0.1) is 0 Å². The molecule has 0 aliphatic rings. The van der Waals surface area contributed by atoms with Crippen LogP contribution in [0.15, 0.2) is 42.5 Å². The molecule has 2 rings (SSSR count). The number of hydrogen-bond donors (Lipinski definition) is 1. The second-order valence-electron chi connectivity index (χ2n) is 5.52. The van der Waals surface area contributed by atoms with Crippen LogP contribution in [0.5, 0.6) is 0 Å².